The molecule has 13 heavy (non-hydrogen) atoms. The smallest absolute Gasteiger partial charge is 0.322 e. The lowest BCUT2D eigenvalue weighted by Gasteiger charge is -2.12. The Bertz CT molecular complexity index is 183. The minimum Gasteiger partial charge on any atom is -0.468 e. The van der Waals surface area contributed by atoms with Crippen LogP contribution in [0.4, 0.5) is 0 Å². The van der Waals surface area contributed by atoms with Crippen molar-refractivity contribution >= 4 is 5.97 Å². The Labute approximate surface area is 80.2 Å². The predicted molar refractivity (Wildman–Crippen MR) is 53.5 cm³/mol. The predicted octanol–water partition coefficient (Wildman–Crippen LogP) is 1.49. The maximum atomic E-state index is 11.1. The largest absolute Gasteiger partial charge is 0.468 e. The lowest BCUT2D eigenvalue weighted by molar-refractivity contribution is -0.143. The highest BCUT2D eigenvalue weighted by molar-refractivity contribution is 5.75. The van der Waals surface area contributed by atoms with Gasteiger partial charge in [0.1, 0.15) is 6.04 Å². The molecule has 0 radical (unpaired) electrons. The van der Waals surface area contributed by atoms with Crippen LogP contribution in [0.3, 0.4) is 0 Å². The molecular formula is C10H19NO2. The van der Waals surface area contributed by atoms with Gasteiger partial charge in [0.15, 0.2) is 0 Å². The summed E-state index contributed by atoms with van der Waals surface area (Å²) in [6.07, 6.45) is 2.80. The third-order valence-electron chi connectivity index (χ3n) is 1.77. The van der Waals surface area contributed by atoms with Gasteiger partial charge in [-0.3, -0.25) is 4.79 Å². The number of methoxy groups -OCH3 is 1. The third kappa shape index (κ3) is 5.42. The fourth-order valence-corrected chi connectivity index (χ4v) is 0.942. The van der Waals surface area contributed by atoms with Gasteiger partial charge in [-0.15, -0.1) is 0 Å². The summed E-state index contributed by atoms with van der Waals surface area (Å²) >= 11 is 0. The molecular weight excluding hydrogens is 166 g/mol. The first kappa shape index (κ1) is 12.2. The molecule has 0 saturated carbocycles. The summed E-state index contributed by atoms with van der Waals surface area (Å²) in [7, 11) is 1.41. The topological polar surface area (TPSA) is 38.3 Å². The van der Waals surface area contributed by atoms with Gasteiger partial charge in [0.05, 0.1) is 7.11 Å². The Kier molecular flexibility index (Phi) is 6.24. The summed E-state index contributed by atoms with van der Waals surface area (Å²) < 4.78 is 4.64. The van der Waals surface area contributed by atoms with E-state index in [0.717, 1.165) is 13.0 Å². The van der Waals surface area contributed by atoms with Crippen LogP contribution in [0.15, 0.2) is 11.6 Å². The number of ether oxygens (including phenoxy) is 1. The molecule has 0 fully saturated rings. The van der Waals surface area contributed by atoms with Gasteiger partial charge in [-0.25, -0.2) is 0 Å². The van der Waals surface area contributed by atoms with Gasteiger partial charge in [0.2, 0.25) is 0 Å². The molecule has 0 aliphatic heterocycles. The van der Waals surface area contributed by atoms with Crippen LogP contribution in [-0.4, -0.2) is 25.7 Å². The molecule has 0 aromatic heterocycles. The van der Waals surface area contributed by atoms with Crippen molar-refractivity contribution in [1.82, 2.24) is 5.32 Å². The third-order valence-corrected chi connectivity index (χ3v) is 1.77. The van der Waals surface area contributed by atoms with E-state index in [4.69, 9.17) is 0 Å². The molecule has 1 atom stereocenters. The van der Waals surface area contributed by atoms with Gasteiger partial charge in [-0.05, 0) is 20.3 Å². The maximum absolute atomic E-state index is 11.1. The summed E-state index contributed by atoms with van der Waals surface area (Å²) in [5.74, 6) is -0.190. The second kappa shape index (κ2) is 6.66. The van der Waals surface area contributed by atoms with E-state index >= 15 is 0 Å². The highest BCUT2D eigenvalue weighted by atomic mass is 16.5. The Morgan fingerprint density at radius 3 is 2.54 bits per heavy atom. The molecule has 0 aromatic carbocycles. The second-order valence-corrected chi connectivity index (χ2v) is 3.17. The summed E-state index contributed by atoms with van der Waals surface area (Å²) in [4.78, 5) is 11.1. The first-order chi connectivity index (χ1) is 6.11. The van der Waals surface area contributed by atoms with E-state index in [2.05, 4.69) is 10.1 Å². The van der Waals surface area contributed by atoms with Crippen LogP contribution >= 0.6 is 0 Å². The van der Waals surface area contributed by atoms with Gasteiger partial charge < -0.3 is 10.1 Å². The highest BCUT2D eigenvalue weighted by Gasteiger charge is 2.14. The summed E-state index contributed by atoms with van der Waals surface area (Å²) in [6, 6.07) is -0.180. The van der Waals surface area contributed by atoms with Gasteiger partial charge in [0, 0.05) is 6.54 Å². The molecule has 0 aliphatic rings. The van der Waals surface area contributed by atoms with Crippen LogP contribution in [0.2, 0.25) is 0 Å². The van der Waals surface area contributed by atoms with Gasteiger partial charge in [-0.2, -0.15) is 0 Å². The Morgan fingerprint density at radius 1 is 1.54 bits per heavy atom. The fraction of sp³-hybridized carbons (Fsp3) is 0.700. The summed E-state index contributed by atoms with van der Waals surface area (Å²) in [6.45, 7) is 6.73. The number of esters is 1. The Morgan fingerprint density at radius 2 is 2.15 bits per heavy atom. The second-order valence-electron chi connectivity index (χ2n) is 3.17. The van der Waals surface area contributed by atoms with Crippen LogP contribution in [0.25, 0.3) is 0 Å². The number of hydrogen-bond acceptors (Lipinski definition) is 3. The van der Waals surface area contributed by atoms with Crippen molar-refractivity contribution in [3.05, 3.63) is 11.6 Å². The molecule has 1 N–H and O–H groups in total. The zero-order valence-corrected chi connectivity index (χ0v) is 8.89. The molecule has 0 spiro atoms. The van der Waals surface area contributed by atoms with Crippen molar-refractivity contribution in [3.8, 4) is 0 Å². The van der Waals surface area contributed by atoms with E-state index in [-0.39, 0.29) is 12.0 Å². The first-order valence-electron chi connectivity index (χ1n) is 4.56. The SMILES string of the molecule is CCC(NCC=C(C)C)C(=O)OC. The monoisotopic (exact) mass is 185 g/mol. The first-order valence-corrected chi connectivity index (χ1v) is 4.56. The molecule has 0 aromatic rings. The van der Waals surface area contributed by atoms with E-state index in [1.54, 1.807) is 0 Å². The van der Waals surface area contributed by atoms with Crippen molar-refractivity contribution in [1.29, 1.82) is 0 Å². The molecule has 0 aliphatic carbocycles. The van der Waals surface area contributed by atoms with Crippen molar-refractivity contribution in [2.45, 2.75) is 33.2 Å². The summed E-state index contributed by atoms with van der Waals surface area (Å²) in [5.41, 5.74) is 1.24. The minimum absolute atomic E-state index is 0.180. The van der Waals surface area contributed by atoms with Gasteiger partial charge >= 0.3 is 5.97 Å². The van der Waals surface area contributed by atoms with Crippen molar-refractivity contribution in [2.75, 3.05) is 13.7 Å². The van der Waals surface area contributed by atoms with Crippen molar-refractivity contribution in [3.63, 3.8) is 0 Å². The Balaban J connectivity index is 3.86. The molecule has 0 amide bonds. The van der Waals surface area contributed by atoms with Crippen LogP contribution in [-0.2, 0) is 9.53 Å². The normalized spacial score (nSPS) is 12.0. The zero-order valence-electron chi connectivity index (χ0n) is 8.89. The van der Waals surface area contributed by atoms with Crippen LogP contribution in [0.5, 0.6) is 0 Å². The average Bonchev–Trinajstić information content (AvgIpc) is 2.11. The molecule has 3 nitrogen and oxygen atoms in total. The number of allylic oxidation sites excluding steroid dienone is 1. The number of hydrogen-bond donors (Lipinski definition) is 1. The lowest BCUT2D eigenvalue weighted by atomic mass is 10.2. The summed E-state index contributed by atoms with van der Waals surface area (Å²) in [5, 5.41) is 3.10. The standard InChI is InChI=1S/C10H19NO2/c1-5-9(10(12)13-4)11-7-6-8(2)3/h6,9,11H,5,7H2,1-4H3. The number of nitrogens with one attached hydrogen (secondary N) is 1. The van der Waals surface area contributed by atoms with E-state index in [0.29, 0.717) is 0 Å². The number of carbonyl (C=O) groups excluding carboxylic acids is 1. The van der Waals surface area contributed by atoms with Crippen molar-refractivity contribution < 1.29 is 9.53 Å². The molecule has 1 unspecified atom stereocenters. The van der Waals surface area contributed by atoms with Gasteiger partial charge in [0.25, 0.3) is 0 Å². The van der Waals surface area contributed by atoms with E-state index < -0.39 is 0 Å². The average molecular weight is 185 g/mol. The van der Waals surface area contributed by atoms with Crippen LogP contribution in [0, 0.1) is 0 Å². The lowest BCUT2D eigenvalue weighted by Crippen LogP contribution is -2.37. The van der Waals surface area contributed by atoms with E-state index in [1.807, 2.05) is 26.8 Å². The van der Waals surface area contributed by atoms with Crippen LogP contribution < -0.4 is 5.32 Å². The maximum Gasteiger partial charge on any atom is 0.322 e. The minimum atomic E-state index is -0.190. The van der Waals surface area contributed by atoms with Gasteiger partial charge in [-0.1, -0.05) is 18.6 Å². The number of rotatable bonds is 5. The number of carbonyl (C=O) groups is 1. The molecule has 0 heterocycles. The molecule has 76 valence electrons. The molecule has 0 saturated heterocycles. The van der Waals surface area contributed by atoms with E-state index in [9.17, 15) is 4.79 Å². The van der Waals surface area contributed by atoms with Crippen LogP contribution in [0.1, 0.15) is 27.2 Å². The molecule has 0 rings (SSSR count). The fourth-order valence-electron chi connectivity index (χ4n) is 0.942. The quantitative estimate of drug-likeness (QED) is 0.521. The molecule has 3 heteroatoms. The molecule has 0 bridgehead atoms. The van der Waals surface area contributed by atoms with E-state index in [1.165, 1.54) is 12.7 Å². The van der Waals surface area contributed by atoms with Crippen molar-refractivity contribution in [2.24, 2.45) is 0 Å². The zero-order chi connectivity index (χ0) is 10.3. The Hall–Kier alpha value is -0.830. The highest BCUT2D eigenvalue weighted by Crippen LogP contribution is 1.94.